The normalized spacial score (nSPS) is 25.5. The summed E-state index contributed by atoms with van der Waals surface area (Å²) < 4.78 is 16.8. The number of ether oxygens (including phenoxy) is 3. The van der Waals surface area contributed by atoms with Gasteiger partial charge in [0.2, 0.25) is 0 Å². The fraction of sp³-hybridized carbons (Fsp3) is 0.708. The summed E-state index contributed by atoms with van der Waals surface area (Å²) in [5, 5.41) is 0. The molecule has 2 unspecified atom stereocenters. The van der Waals surface area contributed by atoms with Gasteiger partial charge in [-0.25, -0.2) is 0 Å². The first-order chi connectivity index (χ1) is 14.1. The number of ketones is 1. The van der Waals surface area contributed by atoms with Crippen LogP contribution in [0.1, 0.15) is 73.6 Å². The molecule has 0 N–H and O–H groups in total. The van der Waals surface area contributed by atoms with Crippen molar-refractivity contribution >= 4 is 17.7 Å². The molecule has 6 heteroatoms. The molecule has 1 heterocycles. The molecule has 0 saturated carbocycles. The second kappa shape index (κ2) is 12.7. The van der Waals surface area contributed by atoms with Gasteiger partial charge in [0.1, 0.15) is 24.1 Å². The smallest absolute Gasteiger partial charge is 0.303 e. The zero-order valence-electron chi connectivity index (χ0n) is 19.4. The van der Waals surface area contributed by atoms with E-state index in [2.05, 4.69) is 0 Å². The molecule has 1 aliphatic heterocycles. The first-order valence-electron chi connectivity index (χ1n) is 10.9. The minimum Gasteiger partial charge on any atom is -0.462 e. The Bertz CT molecular complexity index is 650. The maximum absolute atomic E-state index is 12.5. The number of rotatable bonds is 10. The third kappa shape index (κ3) is 8.82. The molecule has 170 valence electrons. The standard InChI is InChI=1S/C24H38O6/c1-7-9-17(2)23(27)18(3)10-8-14-24(6)22(30-20(5)26)12-11-21(16-29-24)13-15-28-19(4)25/h7,9,13,17-18,22H,8,10-12,14-16H2,1-6H3/b9-7+,21-13+/t17?,18?,22-,24+/m1/s1. The Balaban J connectivity index is 2.75. The van der Waals surface area contributed by atoms with Crippen LogP contribution in [0.3, 0.4) is 0 Å². The van der Waals surface area contributed by atoms with E-state index < -0.39 is 5.60 Å². The van der Waals surface area contributed by atoms with E-state index in [9.17, 15) is 14.4 Å². The Morgan fingerprint density at radius 1 is 1.23 bits per heavy atom. The van der Waals surface area contributed by atoms with Crippen LogP contribution in [0.25, 0.3) is 0 Å². The minimum absolute atomic E-state index is 0.0306. The lowest BCUT2D eigenvalue weighted by Crippen LogP contribution is -2.43. The van der Waals surface area contributed by atoms with E-state index in [1.807, 2.05) is 45.9 Å². The predicted molar refractivity (Wildman–Crippen MR) is 116 cm³/mol. The highest BCUT2D eigenvalue weighted by Gasteiger charge is 2.39. The van der Waals surface area contributed by atoms with Crippen molar-refractivity contribution in [2.24, 2.45) is 11.8 Å². The van der Waals surface area contributed by atoms with Crippen molar-refractivity contribution in [3.63, 3.8) is 0 Å². The summed E-state index contributed by atoms with van der Waals surface area (Å²) in [7, 11) is 0. The van der Waals surface area contributed by atoms with Crippen molar-refractivity contribution in [2.45, 2.75) is 85.4 Å². The number of esters is 2. The molecule has 4 atom stereocenters. The van der Waals surface area contributed by atoms with Gasteiger partial charge in [-0.05, 0) is 57.6 Å². The zero-order chi connectivity index (χ0) is 22.7. The second-order valence-corrected chi connectivity index (χ2v) is 8.41. The molecule has 1 saturated heterocycles. The highest BCUT2D eigenvalue weighted by Crippen LogP contribution is 2.34. The lowest BCUT2D eigenvalue weighted by atomic mass is 9.86. The topological polar surface area (TPSA) is 78.9 Å². The Morgan fingerprint density at radius 2 is 1.93 bits per heavy atom. The molecule has 0 amide bonds. The lowest BCUT2D eigenvalue weighted by Gasteiger charge is -2.35. The quantitative estimate of drug-likeness (QED) is 0.379. The van der Waals surface area contributed by atoms with Crippen LogP contribution < -0.4 is 0 Å². The van der Waals surface area contributed by atoms with Crippen molar-refractivity contribution in [1.29, 1.82) is 0 Å². The average Bonchev–Trinajstić information content (AvgIpc) is 2.81. The second-order valence-electron chi connectivity index (χ2n) is 8.41. The van der Waals surface area contributed by atoms with Gasteiger partial charge in [0.05, 0.1) is 6.61 Å². The summed E-state index contributed by atoms with van der Waals surface area (Å²) in [5.74, 6) is -0.514. The van der Waals surface area contributed by atoms with Gasteiger partial charge in [0, 0.05) is 25.7 Å². The SMILES string of the molecule is C/C=C/C(C)C(=O)C(C)CCC[C@]1(C)OC/C(=C/COC(C)=O)CC[C@H]1OC(C)=O. The Kier molecular flexibility index (Phi) is 11.0. The van der Waals surface area contributed by atoms with E-state index in [4.69, 9.17) is 14.2 Å². The maximum Gasteiger partial charge on any atom is 0.303 e. The Labute approximate surface area is 181 Å². The summed E-state index contributed by atoms with van der Waals surface area (Å²) in [4.78, 5) is 35.1. The van der Waals surface area contributed by atoms with Crippen molar-refractivity contribution in [1.82, 2.24) is 0 Å². The Hall–Kier alpha value is -1.95. The molecule has 0 bridgehead atoms. The largest absolute Gasteiger partial charge is 0.462 e. The lowest BCUT2D eigenvalue weighted by molar-refractivity contribution is -0.167. The van der Waals surface area contributed by atoms with Crippen molar-refractivity contribution < 1.29 is 28.6 Å². The molecule has 0 spiro atoms. The fourth-order valence-electron chi connectivity index (χ4n) is 3.83. The van der Waals surface area contributed by atoms with Gasteiger partial charge in [-0.1, -0.05) is 26.0 Å². The highest BCUT2D eigenvalue weighted by atomic mass is 16.6. The van der Waals surface area contributed by atoms with Crippen LogP contribution in [0, 0.1) is 11.8 Å². The predicted octanol–water partition coefficient (Wildman–Crippen LogP) is 4.56. The van der Waals surface area contributed by atoms with E-state index in [0.717, 1.165) is 18.4 Å². The third-order valence-corrected chi connectivity index (χ3v) is 5.69. The van der Waals surface area contributed by atoms with Gasteiger partial charge in [0.15, 0.2) is 0 Å². The van der Waals surface area contributed by atoms with Crippen LogP contribution in [0.5, 0.6) is 0 Å². The van der Waals surface area contributed by atoms with Crippen LogP contribution in [0.2, 0.25) is 0 Å². The van der Waals surface area contributed by atoms with Crippen LogP contribution in [-0.4, -0.2) is 42.6 Å². The van der Waals surface area contributed by atoms with Crippen LogP contribution >= 0.6 is 0 Å². The van der Waals surface area contributed by atoms with Crippen molar-refractivity contribution in [3.05, 3.63) is 23.8 Å². The summed E-state index contributed by atoms with van der Waals surface area (Å²) in [6.07, 6.45) is 8.96. The number of Topliss-reactive ketones (excluding diaryl/α,β-unsaturated/α-hetero) is 1. The van der Waals surface area contributed by atoms with Crippen LogP contribution in [-0.2, 0) is 28.6 Å². The number of hydrogen-bond acceptors (Lipinski definition) is 6. The molecule has 30 heavy (non-hydrogen) atoms. The van der Waals surface area contributed by atoms with E-state index in [-0.39, 0.29) is 42.3 Å². The van der Waals surface area contributed by atoms with E-state index in [1.165, 1.54) is 13.8 Å². The summed E-state index contributed by atoms with van der Waals surface area (Å²) >= 11 is 0. The molecule has 0 radical (unpaired) electrons. The molecule has 0 aromatic rings. The molecular weight excluding hydrogens is 384 g/mol. The highest BCUT2D eigenvalue weighted by molar-refractivity contribution is 5.84. The third-order valence-electron chi connectivity index (χ3n) is 5.69. The summed E-state index contributed by atoms with van der Waals surface area (Å²) in [5.41, 5.74) is 0.404. The van der Waals surface area contributed by atoms with Gasteiger partial charge in [-0.3, -0.25) is 14.4 Å². The van der Waals surface area contributed by atoms with Gasteiger partial charge < -0.3 is 14.2 Å². The van der Waals surface area contributed by atoms with Gasteiger partial charge in [-0.2, -0.15) is 0 Å². The molecule has 0 aromatic carbocycles. The molecule has 1 fully saturated rings. The van der Waals surface area contributed by atoms with Crippen LogP contribution in [0.15, 0.2) is 23.8 Å². The Morgan fingerprint density at radius 3 is 2.53 bits per heavy atom. The van der Waals surface area contributed by atoms with Crippen molar-refractivity contribution in [2.75, 3.05) is 13.2 Å². The first-order valence-corrected chi connectivity index (χ1v) is 10.9. The van der Waals surface area contributed by atoms with E-state index in [1.54, 1.807) is 0 Å². The molecular formula is C24H38O6. The molecule has 1 aliphatic rings. The first kappa shape index (κ1) is 26.1. The van der Waals surface area contributed by atoms with E-state index >= 15 is 0 Å². The maximum atomic E-state index is 12.5. The summed E-state index contributed by atoms with van der Waals surface area (Å²) in [6, 6.07) is 0. The minimum atomic E-state index is -0.625. The molecule has 0 aliphatic carbocycles. The zero-order valence-corrected chi connectivity index (χ0v) is 19.4. The average molecular weight is 423 g/mol. The van der Waals surface area contributed by atoms with Gasteiger partial charge in [0.25, 0.3) is 0 Å². The van der Waals surface area contributed by atoms with Gasteiger partial charge in [-0.15, -0.1) is 0 Å². The monoisotopic (exact) mass is 422 g/mol. The number of allylic oxidation sites excluding steroid dienone is 2. The van der Waals surface area contributed by atoms with E-state index in [0.29, 0.717) is 25.9 Å². The number of carbonyl (C=O) groups excluding carboxylic acids is 3. The molecule has 0 aromatic heterocycles. The molecule has 6 nitrogen and oxygen atoms in total. The van der Waals surface area contributed by atoms with Gasteiger partial charge >= 0.3 is 11.9 Å². The van der Waals surface area contributed by atoms with Crippen molar-refractivity contribution in [3.8, 4) is 0 Å². The van der Waals surface area contributed by atoms with Crippen LogP contribution in [0.4, 0.5) is 0 Å². The number of carbonyl (C=O) groups is 3. The number of hydrogen-bond donors (Lipinski definition) is 0. The summed E-state index contributed by atoms with van der Waals surface area (Å²) in [6.45, 7) is 11.2. The molecule has 1 rings (SSSR count). The fourth-order valence-corrected chi connectivity index (χ4v) is 3.83.